The third kappa shape index (κ3) is 4.09. The number of aromatic nitrogens is 2. The maximum Gasteiger partial charge on any atom is 0.433 e. The number of alkyl halides is 3. The Hall–Kier alpha value is -1.02. The zero-order valence-corrected chi connectivity index (χ0v) is 14.0. The highest BCUT2D eigenvalue weighted by Crippen LogP contribution is 2.31. The average molecular weight is 346 g/mol. The fourth-order valence-electron chi connectivity index (χ4n) is 3.26. The molecule has 0 aromatic carbocycles. The van der Waals surface area contributed by atoms with Gasteiger partial charge in [0.1, 0.15) is 17.3 Å². The van der Waals surface area contributed by atoms with Crippen LogP contribution in [0.1, 0.15) is 24.4 Å². The van der Waals surface area contributed by atoms with Crippen LogP contribution in [0, 0.1) is 6.92 Å². The number of nitrogens with zero attached hydrogens (tertiary/aromatic N) is 4. The maximum atomic E-state index is 12.9. The van der Waals surface area contributed by atoms with Gasteiger partial charge in [0, 0.05) is 49.8 Å². The van der Waals surface area contributed by atoms with E-state index in [4.69, 9.17) is 0 Å². The Kier molecular flexibility index (Phi) is 5.01. The van der Waals surface area contributed by atoms with Gasteiger partial charge in [-0.15, -0.1) is 0 Å². The van der Waals surface area contributed by atoms with Gasteiger partial charge in [0.2, 0.25) is 0 Å². The molecule has 4 nitrogen and oxygen atoms in total. The van der Waals surface area contributed by atoms with Gasteiger partial charge in [-0.1, -0.05) is 0 Å². The van der Waals surface area contributed by atoms with E-state index in [-0.39, 0.29) is 5.82 Å². The topological polar surface area (TPSA) is 32.3 Å². The number of rotatable bonds is 2. The molecule has 3 rings (SSSR count). The minimum Gasteiger partial charge on any atom is -0.356 e. The van der Waals surface area contributed by atoms with Crippen molar-refractivity contribution in [1.29, 1.82) is 0 Å². The molecule has 8 heteroatoms. The molecule has 1 aromatic heterocycles. The fourth-order valence-corrected chi connectivity index (χ4v) is 4.19. The predicted molar refractivity (Wildman–Crippen MR) is 85.9 cm³/mol. The molecular formula is C15H21F3N4S. The third-order valence-electron chi connectivity index (χ3n) is 4.47. The second-order valence-electron chi connectivity index (χ2n) is 6.02. The Morgan fingerprint density at radius 3 is 2.35 bits per heavy atom. The van der Waals surface area contributed by atoms with Crippen LogP contribution in [0.15, 0.2) is 6.07 Å². The Morgan fingerprint density at radius 1 is 1.09 bits per heavy atom. The van der Waals surface area contributed by atoms with Gasteiger partial charge >= 0.3 is 6.18 Å². The van der Waals surface area contributed by atoms with Crippen LogP contribution in [0.3, 0.4) is 0 Å². The summed E-state index contributed by atoms with van der Waals surface area (Å²) in [6, 6.07) is 1.63. The number of anilines is 1. The summed E-state index contributed by atoms with van der Waals surface area (Å²) in [4.78, 5) is 12.2. The van der Waals surface area contributed by atoms with Crippen molar-refractivity contribution in [2.45, 2.75) is 32.0 Å². The van der Waals surface area contributed by atoms with Gasteiger partial charge in [0.05, 0.1) is 0 Å². The van der Waals surface area contributed by atoms with Gasteiger partial charge < -0.3 is 4.90 Å². The highest BCUT2D eigenvalue weighted by atomic mass is 32.2. The Bertz CT molecular complexity index is 538. The van der Waals surface area contributed by atoms with Crippen molar-refractivity contribution in [1.82, 2.24) is 14.9 Å². The van der Waals surface area contributed by atoms with E-state index in [0.717, 1.165) is 45.1 Å². The first kappa shape index (κ1) is 16.8. The lowest BCUT2D eigenvalue weighted by molar-refractivity contribution is -0.141. The van der Waals surface area contributed by atoms with Crippen molar-refractivity contribution < 1.29 is 13.2 Å². The molecule has 0 radical (unpaired) electrons. The molecule has 0 unspecified atom stereocenters. The first-order chi connectivity index (χ1) is 10.9. The number of piperidine rings is 1. The van der Waals surface area contributed by atoms with Crippen molar-refractivity contribution in [3.63, 3.8) is 0 Å². The molecule has 1 aromatic rings. The smallest absolute Gasteiger partial charge is 0.356 e. The van der Waals surface area contributed by atoms with E-state index in [1.165, 1.54) is 18.4 Å². The summed E-state index contributed by atoms with van der Waals surface area (Å²) in [5, 5.41) is 0. The normalized spacial score (nSPS) is 21.7. The zero-order chi connectivity index (χ0) is 16.4. The lowest BCUT2D eigenvalue weighted by Crippen LogP contribution is -2.48. The summed E-state index contributed by atoms with van der Waals surface area (Å²) in [7, 11) is 0. The maximum absolute atomic E-state index is 12.9. The molecule has 3 heterocycles. The van der Waals surface area contributed by atoms with Crippen LogP contribution in [0.5, 0.6) is 0 Å². The summed E-state index contributed by atoms with van der Waals surface area (Å²) in [6.07, 6.45) is -2.46. The van der Waals surface area contributed by atoms with E-state index in [2.05, 4.69) is 14.9 Å². The van der Waals surface area contributed by atoms with Gasteiger partial charge in [-0.2, -0.15) is 24.9 Å². The molecular weight excluding hydrogens is 325 g/mol. The Morgan fingerprint density at radius 2 is 1.74 bits per heavy atom. The molecule has 0 aliphatic carbocycles. The van der Waals surface area contributed by atoms with Crippen LogP contribution in [0.4, 0.5) is 19.0 Å². The van der Waals surface area contributed by atoms with E-state index >= 15 is 0 Å². The van der Waals surface area contributed by atoms with E-state index in [0.29, 0.717) is 11.9 Å². The highest BCUT2D eigenvalue weighted by molar-refractivity contribution is 7.99. The lowest BCUT2D eigenvalue weighted by atomic mass is 10.0. The molecule has 0 amide bonds. The summed E-state index contributed by atoms with van der Waals surface area (Å²) < 4.78 is 38.7. The SMILES string of the molecule is Cc1nc(N2CCC(N3CCSCC3)CC2)cc(C(F)(F)F)n1. The van der Waals surface area contributed by atoms with E-state index in [1.54, 1.807) is 0 Å². The molecule has 0 atom stereocenters. The second kappa shape index (κ2) is 6.84. The van der Waals surface area contributed by atoms with Crippen LogP contribution >= 0.6 is 11.8 Å². The Balaban J connectivity index is 1.66. The third-order valence-corrected chi connectivity index (χ3v) is 5.41. The summed E-state index contributed by atoms with van der Waals surface area (Å²) in [5.74, 6) is 2.93. The predicted octanol–water partition coefficient (Wildman–Crippen LogP) is 2.82. The van der Waals surface area contributed by atoms with Crippen molar-refractivity contribution >= 4 is 17.6 Å². The number of halogens is 3. The first-order valence-corrected chi connectivity index (χ1v) is 9.08. The molecule has 23 heavy (non-hydrogen) atoms. The van der Waals surface area contributed by atoms with Crippen molar-refractivity contribution in [3.05, 3.63) is 17.6 Å². The van der Waals surface area contributed by atoms with Gasteiger partial charge in [-0.3, -0.25) is 4.90 Å². The quantitative estimate of drug-likeness (QED) is 0.822. The molecule has 0 N–H and O–H groups in total. The van der Waals surface area contributed by atoms with Crippen LogP contribution in [0.25, 0.3) is 0 Å². The van der Waals surface area contributed by atoms with E-state index < -0.39 is 11.9 Å². The van der Waals surface area contributed by atoms with E-state index in [1.807, 2.05) is 16.7 Å². The molecule has 128 valence electrons. The molecule has 0 bridgehead atoms. The Labute approximate surface area is 138 Å². The molecule has 2 fully saturated rings. The number of thioether (sulfide) groups is 1. The van der Waals surface area contributed by atoms with Crippen LogP contribution < -0.4 is 4.90 Å². The van der Waals surface area contributed by atoms with Crippen LogP contribution in [0.2, 0.25) is 0 Å². The molecule has 0 saturated carbocycles. The van der Waals surface area contributed by atoms with Gasteiger partial charge in [0.15, 0.2) is 0 Å². The van der Waals surface area contributed by atoms with Crippen molar-refractivity contribution in [3.8, 4) is 0 Å². The first-order valence-electron chi connectivity index (χ1n) is 7.93. The van der Waals surface area contributed by atoms with E-state index in [9.17, 15) is 13.2 Å². The zero-order valence-electron chi connectivity index (χ0n) is 13.1. The number of hydrogen-bond acceptors (Lipinski definition) is 5. The monoisotopic (exact) mass is 346 g/mol. The van der Waals surface area contributed by atoms with Crippen molar-refractivity contribution in [2.75, 3.05) is 42.6 Å². The molecule has 2 aliphatic rings. The summed E-state index contributed by atoms with van der Waals surface area (Å²) in [6.45, 7) is 5.27. The summed E-state index contributed by atoms with van der Waals surface area (Å²) >= 11 is 1.99. The molecule has 0 spiro atoms. The average Bonchev–Trinajstić information content (AvgIpc) is 2.54. The van der Waals surface area contributed by atoms with Gasteiger partial charge in [0.25, 0.3) is 0 Å². The van der Waals surface area contributed by atoms with Crippen molar-refractivity contribution in [2.24, 2.45) is 0 Å². The lowest BCUT2D eigenvalue weighted by Gasteiger charge is -2.40. The largest absolute Gasteiger partial charge is 0.433 e. The second-order valence-corrected chi connectivity index (χ2v) is 7.25. The van der Waals surface area contributed by atoms with Gasteiger partial charge in [-0.25, -0.2) is 9.97 Å². The minimum absolute atomic E-state index is 0.171. The summed E-state index contributed by atoms with van der Waals surface area (Å²) in [5.41, 5.74) is -0.852. The standard InChI is InChI=1S/C15H21F3N4S/c1-11-19-13(15(16,17)18)10-14(20-11)22-4-2-12(3-5-22)21-6-8-23-9-7-21/h10,12H,2-9H2,1H3. The number of hydrogen-bond donors (Lipinski definition) is 0. The highest BCUT2D eigenvalue weighted by Gasteiger charge is 2.34. The fraction of sp³-hybridized carbons (Fsp3) is 0.733. The van der Waals surface area contributed by atoms with Crippen LogP contribution in [-0.2, 0) is 6.18 Å². The molecule has 2 saturated heterocycles. The number of aryl methyl sites for hydroxylation is 1. The van der Waals surface area contributed by atoms with Gasteiger partial charge in [-0.05, 0) is 19.8 Å². The minimum atomic E-state index is -4.42. The van der Waals surface area contributed by atoms with Crippen LogP contribution in [-0.4, -0.2) is 58.6 Å². The molecule has 2 aliphatic heterocycles.